The lowest BCUT2D eigenvalue weighted by Crippen LogP contribution is -2.22. The molecule has 2 amide bonds. The molecule has 6 heteroatoms. The van der Waals surface area contributed by atoms with Crippen LogP contribution in [0.4, 0.5) is 0 Å². The summed E-state index contributed by atoms with van der Waals surface area (Å²) in [6.45, 7) is 0. The van der Waals surface area contributed by atoms with Crippen LogP contribution in [0, 0.1) is 0 Å². The number of fused-ring (bicyclic) bond motifs is 2. The topological polar surface area (TPSA) is 76.1 Å². The van der Waals surface area contributed by atoms with E-state index in [1.165, 1.54) is 0 Å². The van der Waals surface area contributed by atoms with Gasteiger partial charge < -0.3 is 14.3 Å². The molecule has 0 bridgehead atoms. The largest absolute Gasteiger partial charge is 0.496 e. The number of imide groups is 1. The van der Waals surface area contributed by atoms with Gasteiger partial charge in [-0.05, 0) is 18.2 Å². The van der Waals surface area contributed by atoms with Gasteiger partial charge in [0.15, 0.2) is 0 Å². The van der Waals surface area contributed by atoms with Crippen LogP contribution < -0.4 is 10.1 Å². The third kappa shape index (κ3) is 2.15. The number of carbonyl (C=O) groups excluding carboxylic acids is 2. The molecule has 2 N–H and O–H groups in total. The summed E-state index contributed by atoms with van der Waals surface area (Å²) in [5.41, 5.74) is 3.86. The molecule has 1 aliphatic heterocycles. The van der Waals surface area contributed by atoms with Gasteiger partial charge in [-0.3, -0.25) is 14.9 Å². The van der Waals surface area contributed by atoms with Crippen LogP contribution in [0.25, 0.3) is 33.0 Å². The molecule has 28 heavy (non-hydrogen) atoms. The van der Waals surface area contributed by atoms with Crippen molar-refractivity contribution in [3.8, 4) is 5.75 Å². The molecule has 0 atom stereocenters. The predicted molar refractivity (Wildman–Crippen MR) is 108 cm³/mol. The number of rotatable bonds is 3. The highest BCUT2D eigenvalue weighted by Crippen LogP contribution is 2.40. The molecule has 4 aromatic rings. The van der Waals surface area contributed by atoms with E-state index in [9.17, 15) is 9.59 Å². The first-order valence-corrected chi connectivity index (χ1v) is 8.89. The second-order valence-electron chi connectivity index (χ2n) is 6.79. The highest BCUT2D eigenvalue weighted by Gasteiger charge is 2.35. The Kier molecular flexibility index (Phi) is 3.42. The van der Waals surface area contributed by atoms with Crippen LogP contribution in [0.2, 0.25) is 0 Å². The van der Waals surface area contributed by atoms with E-state index in [0.29, 0.717) is 22.5 Å². The summed E-state index contributed by atoms with van der Waals surface area (Å²) in [5, 5.41) is 4.26. The second-order valence-corrected chi connectivity index (χ2v) is 6.79. The zero-order chi connectivity index (χ0) is 19.4. The number of carbonyl (C=O) groups is 2. The fourth-order valence-corrected chi connectivity index (χ4v) is 4.05. The lowest BCUT2D eigenvalue weighted by Gasteiger charge is -2.09. The first kappa shape index (κ1) is 16.4. The Morgan fingerprint density at radius 2 is 1.68 bits per heavy atom. The Morgan fingerprint density at radius 1 is 0.929 bits per heavy atom. The molecule has 0 radical (unpaired) electrons. The Hall–Kier alpha value is -3.80. The van der Waals surface area contributed by atoms with E-state index in [-0.39, 0.29) is 0 Å². The summed E-state index contributed by atoms with van der Waals surface area (Å²) in [6.07, 6.45) is 3.70. The van der Waals surface area contributed by atoms with Crippen molar-refractivity contribution in [2.24, 2.45) is 7.05 Å². The smallest absolute Gasteiger partial charge is 0.259 e. The molecule has 2 aromatic heterocycles. The fourth-order valence-electron chi connectivity index (χ4n) is 4.05. The van der Waals surface area contributed by atoms with Gasteiger partial charge in [0.1, 0.15) is 5.75 Å². The van der Waals surface area contributed by atoms with Crippen LogP contribution in [-0.2, 0) is 16.6 Å². The van der Waals surface area contributed by atoms with Gasteiger partial charge in [-0.25, -0.2) is 0 Å². The second kappa shape index (κ2) is 5.85. The standard InChI is InChI=1S/C22H17N3O3/c1-25-10-9-12-5-3-6-13(20(12)25)18-19(22(27)24-21(18)26)14-11-23-15-7-4-8-16(28-2)17(14)15/h3-11,23H,1-2H3,(H,24,26,27). The number of aryl methyl sites for hydroxylation is 1. The van der Waals surface area contributed by atoms with Gasteiger partial charge in [-0.1, -0.05) is 24.3 Å². The van der Waals surface area contributed by atoms with E-state index in [0.717, 1.165) is 27.4 Å². The van der Waals surface area contributed by atoms with E-state index < -0.39 is 11.8 Å². The number of amides is 2. The summed E-state index contributed by atoms with van der Waals surface area (Å²) in [6, 6.07) is 13.4. The summed E-state index contributed by atoms with van der Waals surface area (Å²) < 4.78 is 7.46. The maximum Gasteiger partial charge on any atom is 0.259 e. The maximum absolute atomic E-state index is 12.8. The monoisotopic (exact) mass is 371 g/mol. The zero-order valence-electron chi connectivity index (χ0n) is 15.4. The van der Waals surface area contributed by atoms with Gasteiger partial charge in [0.05, 0.1) is 23.8 Å². The number of aromatic amines is 1. The van der Waals surface area contributed by atoms with E-state index in [1.54, 1.807) is 13.3 Å². The van der Waals surface area contributed by atoms with Crippen molar-refractivity contribution >= 4 is 44.8 Å². The van der Waals surface area contributed by atoms with Crippen molar-refractivity contribution in [2.75, 3.05) is 7.11 Å². The molecule has 3 heterocycles. The molecule has 5 rings (SSSR count). The molecular weight excluding hydrogens is 354 g/mol. The number of aromatic nitrogens is 2. The van der Waals surface area contributed by atoms with E-state index in [2.05, 4.69) is 10.3 Å². The van der Waals surface area contributed by atoms with Crippen LogP contribution in [0.15, 0.2) is 54.9 Å². The molecular formula is C22H17N3O3. The van der Waals surface area contributed by atoms with Gasteiger partial charge in [0.2, 0.25) is 0 Å². The highest BCUT2D eigenvalue weighted by atomic mass is 16.5. The Balaban J connectivity index is 1.89. The molecule has 1 aliphatic rings. The van der Waals surface area contributed by atoms with Gasteiger partial charge in [-0.15, -0.1) is 0 Å². The maximum atomic E-state index is 12.8. The Bertz CT molecular complexity index is 1320. The molecule has 0 fully saturated rings. The lowest BCUT2D eigenvalue weighted by atomic mass is 9.94. The number of hydrogen-bond donors (Lipinski definition) is 2. The van der Waals surface area contributed by atoms with Gasteiger partial charge in [0, 0.05) is 46.9 Å². The summed E-state index contributed by atoms with van der Waals surface area (Å²) in [7, 11) is 3.51. The van der Waals surface area contributed by atoms with E-state index in [1.807, 2.05) is 60.3 Å². The SMILES string of the molecule is COc1cccc2[nH]cc(C3=C(c4cccc5ccn(C)c45)C(=O)NC3=O)c12. The minimum Gasteiger partial charge on any atom is -0.496 e. The van der Waals surface area contributed by atoms with Crippen molar-refractivity contribution in [1.29, 1.82) is 0 Å². The summed E-state index contributed by atoms with van der Waals surface area (Å²) >= 11 is 0. The van der Waals surface area contributed by atoms with E-state index in [4.69, 9.17) is 4.74 Å². The number of benzene rings is 2. The average molecular weight is 371 g/mol. The highest BCUT2D eigenvalue weighted by molar-refractivity contribution is 6.50. The van der Waals surface area contributed by atoms with Crippen molar-refractivity contribution in [1.82, 2.24) is 14.9 Å². The Morgan fingerprint density at radius 3 is 2.46 bits per heavy atom. The lowest BCUT2D eigenvalue weighted by molar-refractivity contribution is -0.122. The van der Waals surface area contributed by atoms with E-state index >= 15 is 0 Å². The van der Waals surface area contributed by atoms with Crippen LogP contribution in [0.3, 0.4) is 0 Å². The predicted octanol–water partition coefficient (Wildman–Crippen LogP) is 3.24. The molecule has 0 saturated carbocycles. The molecule has 0 spiro atoms. The van der Waals surface area contributed by atoms with Gasteiger partial charge in [0.25, 0.3) is 11.8 Å². The number of methoxy groups -OCH3 is 1. The summed E-state index contributed by atoms with van der Waals surface area (Å²) in [5.74, 6) is -0.152. The number of hydrogen-bond acceptors (Lipinski definition) is 3. The third-order valence-corrected chi connectivity index (χ3v) is 5.25. The van der Waals surface area contributed by atoms with Gasteiger partial charge in [-0.2, -0.15) is 0 Å². The van der Waals surface area contributed by atoms with Crippen molar-refractivity contribution in [3.05, 3.63) is 66.0 Å². The number of ether oxygens (including phenoxy) is 1. The first-order valence-electron chi connectivity index (χ1n) is 8.89. The quantitative estimate of drug-likeness (QED) is 0.543. The fraction of sp³-hybridized carbons (Fsp3) is 0.0909. The molecule has 0 aliphatic carbocycles. The molecule has 0 saturated heterocycles. The van der Waals surface area contributed by atoms with Crippen LogP contribution >= 0.6 is 0 Å². The third-order valence-electron chi connectivity index (χ3n) is 5.25. The molecule has 6 nitrogen and oxygen atoms in total. The van der Waals surface area contributed by atoms with Crippen LogP contribution in [0.1, 0.15) is 11.1 Å². The Labute approximate surface area is 160 Å². The zero-order valence-corrected chi connectivity index (χ0v) is 15.4. The van der Waals surface area contributed by atoms with Crippen LogP contribution in [0.5, 0.6) is 5.75 Å². The molecule has 0 unspecified atom stereocenters. The van der Waals surface area contributed by atoms with Crippen LogP contribution in [-0.4, -0.2) is 28.5 Å². The number of nitrogens with one attached hydrogen (secondary N) is 2. The normalized spacial score (nSPS) is 14.4. The van der Waals surface area contributed by atoms with Crippen molar-refractivity contribution in [3.63, 3.8) is 0 Å². The molecule has 2 aromatic carbocycles. The minimum atomic E-state index is -0.405. The summed E-state index contributed by atoms with van der Waals surface area (Å²) in [4.78, 5) is 28.8. The number of para-hydroxylation sites is 1. The van der Waals surface area contributed by atoms with Crippen molar-refractivity contribution < 1.29 is 14.3 Å². The number of H-pyrrole nitrogens is 1. The van der Waals surface area contributed by atoms with Crippen molar-refractivity contribution in [2.45, 2.75) is 0 Å². The molecule has 138 valence electrons. The minimum absolute atomic E-state index is 0.356. The average Bonchev–Trinajstić information content (AvgIpc) is 3.37. The van der Waals surface area contributed by atoms with Gasteiger partial charge >= 0.3 is 0 Å². The first-order chi connectivity index (χ1) is 13.6. The number of nitrogens with zero attached hydrogens (tertiary/aromatic N) is 1.